The third-order valence-corrected chi connectivity index (χ3v) is 3.56. The van der Waals surface area contributed by atoms with Gasteiger partial charge in [-0.05, 0) is 18.8 Å². The largest absolute Gasteiger partial charge is 0.340 e. The SMILES string of the molecule is CCC1CCCCC1(N)c1noc(C)n1. The van der Waals surface area contributed by atoms with Crippen molar-refractivity contribution in [1.29, 1.82) is 0 Å². The van der Waals surface area contributed by atoms with Crippen molar-refractivity contribution in [3.63, 3.8) is 0 Å². The lowest BCUT2D eigenvalue weighted by Crippen LogP contribution is -2.47. The van der Waals surface area contributed by atoms with Crippen LogP contribution in [0, 0.1) is 12.8 Å². The van der Waals surface area contributed by atoms with Gasteiger partial charge in [0.25, 0.3) is 0 Å². The summed E-state index contributed by atoms with van der Waals surface area (Å²) in [7, 11) is 0. The van der Waals surface area contributed by atoms with Gasteiger partial charge in [-0.15, -0.1) is 0 Å². The summed E-state index contributed by atoms with van der Waals surface area (Å²) in [4.78, 5) is 4.30. The molecule has 15 heavy (non-hydrogen) atoms. The van der Waals surface area contributed by atoms with Gasteiger partial charge in [-0.2, -0.15) is 4.98 Å². The summed E-state index contributed by atoms with van der Waals surface area (Å²) in [5, 5.41) is 4.00. The average molecular weight is 209 g/mol. The lowest BCUT2D eigenvalue weighted by atomic mass is 9.71. The Balaban J connectivity index is 2.29. The highest BCUT2D eigenvalue weighted by atomic mass is 16.5. The molecule has 1 heterocycles. The van der Waals surface area contributed by atoms with Crippen LogP contribution in [-0.2, 0) is 5.54 Å². The molecule has 0 amide bonds. The molecule has 0 spiro atoms. The molecule has 1 aliphatic carbocycles. The van der Waals surface area contributed by atoms with Crippen molar-refractivity contribution in [2.75, 3.05) is 0 Å². The third kappa shape index (κ3) is 1.78. The molecule has 0 aliphatic heterocycles. The molecule has 4 nitrogen and oxygen atoms in total. The fourth-order valence-corrected chi connectivity index (χ4v) is 2.62. The first-order valence-electron chi connectivity index (χ1n) is 5.76. The Labute approximate surface area is 90.2 Å². The topological polar surface area (TPSA) is 64.9 Å². The summed E-state index contributed by atoms with van der Waals surface area (Å²) in [6.07, 6.45) is 5.68. The number of rotatable bonds is 2. The van der Waals surface area contributed by atoms with Gasteiger partial charge in [-0.1, -0.05) is 31.3 Å². The lowest BCUT2D eigenvalue weighted by Gasteiger charge is -2.38. The van der Waals surface area contributed by atoms with Crippen LogP contribution in [-0.4, -0.2) is 10.1 Å². The van der Waals surface area contributed by atoms with Gasteiger partial charge in [-0.25, -0.2) is 0 Å². The van der Waals surface area contributed by atoms with E-state index in [9.17, 15) is 0 Å². The predicted octanol–water partition coefficient (Wildman–Crippen LogP) is 2.13. The summed E-state index contributed by atoms with van der Waals surface area (Å²) in [5.41, 5.74) is 6.11. The Bertz CT molecular complexity index is 336. The van der Waals surface area contributed by atoms with E-state index in [-0.39, 0.29) is 5.54 Å². The second-order valence-electron chi connectivity index (χ2n) is 4.53. The van der Waals surface area contributed by atoms with Crippen LogP contribution in [0.2, 0.25) is 0 Å². The second kappa shape index (κ2) is 3.93. The second-order valence-corrected chi connectivity index (χ2v) is 4.53. The van der Waals surface area contributed by atoms with E-state index in [1.165, 1.54) is 19.3 Å². The monoisotopic (exact) mass is 209 g/mol. The highest BCUT2D eigenvalue weighted by Crippen LogP contribution is 2.39. The molecule has 0 bridgehead atoms. The molecule has 2 atom stereocenters. The molecule has 2 unspecified atom stereocenters. The fourth-order valence-electron chi connectivity index (χ4n) is 2.62. The average Bonchev–Trinajstić information content (AvgIpc) is 2.66. The zero-order valence-corrected chi connectivity index (χ0v) is 9.49. The Kier molecular flexibility index (Phi) is 2.78. The highest BCUT2D eigenvalue weighted by Gasteiger charge is 2.41. The first-order chi connectivity index (χ1) is 7.16. The van der Waals surface area contributed by atoms with Crippen molar-refractivity contribution in [2.24, 2.45) is 11.7 Å². The third-order valence-electron chi connectivity index (χ3n) is 3.56. The number of aromatic nitrogens is 2. The molecule has 1 aromatic rings. The number of nitrogens with zero attached hydrogens (tertiary/aromatic N) is 2. The molecule has 2 N–H and O–H groups in total. The fraction of sp³-hybridized carbons (Fsp3) is 0.818. The van der Waals surface area contributed by atoms with Crippen LogP contribution in [0.3, 0.4) is 0 Å². The summed E-state index contributed by atoms with van der Waals surface area (Å²) in [5.74, 6) is 1.80. The van der Waals surface area contributed by atoms with Gasteiger partial charge in [0, 0.05) is 6.92 Å². The van der Waals surface area contributed by atoms with Gasteiger partial charge in [0.2, 0.25) is 5.89 Å². The zero-order chi connectivity index (χ0) is 10.9. The van der Waals surface area contributed by atoms with Gasteiger partial charge in [0.15, 0.2) is 5.82 Å². The van der Waals surface area contributed by atoms with Crippen LogP contribution in [0.4, 0.5) is 0 Å². The minimum atomic E-state index is -0.356. The number of nitrogens with two attached hydrogens (primary N) is 1. The molecule has 1 aromatic heterocycles. The van der Waals surface area contributed by atoms with Crippen molar-refractivity contribution in [3.05, 3.63) is 11.7 Å². The van der Waals surface area contributed by atoms with Crippen molar-refractivity contribution in [3.8, 4) is 0 Å². The van der Waals surface area contributed by atoms with E-state index in [0.717, 1.165) is 12.8 Å². The molecule has 84 valence electrons. The van der Waals surface area contributed by atoms with E-state index in [1.54, 1.807) is 0 Å². The smallest absolute Gasteiger partial charge is 0.223 e. The van der Waals surface area contributed by atoms with Crippen molar-refractivity contribution < 1.29 is 4.52 Å². The van der Waals surface area contributed by atoms with Crippen LogP contribution in [0.25, 0.3) is 0 Å². The Morgan fingerprint density at radius 2 is 2.33 bits per heavy atom. The molecule has 4 heteroatoms. The van der Waals surface area contributed by atoms with Crippen molar-refractivity contribution in [2.45, 2.75) is 51.5 Å². The quantitative estimate of drug-likeness (QED) is 0.810. The normalized spacial score (nSPS) is 31.8. The van der Waals surface area contributed by atoms with Gasteiger partial charge >= 0.3 is 0 Å². The molecule has 1 fully saturated rings. The number of aryl methyl sites for hydroxylation is 1. The number of hydrogen-bond donors (Lipinski definition) is 1. The minimum absolute atomic E-state index is 0.356. The molecule has 1 aliphatic rings. The van der Waals surface area contributed by atoms with Crippen LogP contribution in [0.15, 0.2) is 4.52 Å². The van der Waals surface area contributed by atoms with Gasteiger partial charge in [0.1, 0.15) is 0 Å². The van der Waals surface area contributed by atoms with Gasteiger partial charge in [-0.3, -0.25) is 0 Å². The molecule has 0 saturated heterocycles. The first-order valence-corrected chi connectivity index (χ1v) is 5.76. The van der Waals surface area contributed by atoms with E-state index in [2.05, 4.69) is 17.1 Å². The molecule has 1 saturated carbocycles. The maximum absolute atomic E-state index is 6.46. The van der Waals surface area contributed by atoms with Gasteiger partial charge in [0.05, 0.1) is 5.54 Å². The molecule has 2 rings (SSSR count). The Morgan fingerprint density at radius 3 is 2.93 bits per heavy atom. The number of hydrogen-bond acceptors (Lipinski definition) is 4. The summed E-state index contributed by atoms with van der Waals surface area (Å²) in [6.45, 7) is 3.99. The van der Waals surface area contributed by atoms with Crippen LogP contribution in [0.5, 0.6) is 0 Å². The minimum Gasteiger partial charge on any atom is -0.340 e. The van der Waals surface area contributed by atoms with E-state index in [4.69, 9.17) is 10.3 Å². The van der Waals surface area contributed by atoms with Crippen LogP contribution < -0.4 is 5.73 Å². The lowest BCUT2D eigenvalue weighted by molar-refractivity contribution is 0.169. The van der Waals surface area contributed by atoms with E-state index >= 15 is 0 Å². The molecular formula is C11H19N3O. The van der Waals surface area contributed by atoms with Crippen LogP contribution >= 0.6 is 0 Å². The van der Waals surface area contributed by atoms with Crippen LogP contribution in [0.1, 0.15) is 50.7 Å². The van der Waals surface area contributed by atoms with Crippen molar-refractivity contribution >= 4 is 0 Å². The maximum Gasteiger partial charge on any atom is 0.223 e. The Morgan fingerprint density at radius 1 is 1.53 bits per heavy atom. The Hall–Kier alpha value is -0.900. The molecule has 0 aromatic carbocycles. The van der Waals surface area contributed by atoms with Gasteiger partial charge < -0.3 is 10.3 Å². The summed E-state index contributed by atoms with van der Waals surface area (Å²) in [6, 6.07) is 0. The van der Waals surface area contributed by atoms with E-state index in [1.807, 2.05) is 6.92 Å². The molecule has 0 radical (unpaired) electrons. The van der Waals surface area contributed by atoms with E-state index < -0.39 is 0 Å². The van der Waals surface area contributed by atoms with E-state index in [0.29, 0.717) is 17.6 Å². The zero-order valence-electron chi connectivity index (χ0n) is 9.49. The maximum atomic E-state index is 6.46. The standard InChI is InChI=1S/C11H19N3O/c1-3-9-6-4-5-7-11(9,12)10-13-8(2)15-14-10/h9H,3-7,12H2,1-2H3. The van der Waals surface area contributed by atoms with Crippen molar-refractivity contribution in [1.82, 2.24) is 10.1 Å². The summed E-state index contributed by atoms with van der Waals surface area (Å²) < 4.78 is 5.03. The highest BCUT2D eigenvalue weighted by molar-refractivity contribution is 5.08. The summed E-state index contributed by atoms with van der Waals surface area (Å²) >= 11 is 0. The first kappa shape index (κ1) is 10.6. The predicted molar refractivity (Wildman–Crippen MR) is 57.1 cm³/mol. The molecular weight excluding hydrogens is 190 g/mol.